The lowest BCUT2D eigenvalue weighted by Crippen LogP contribution is -2.13. The maximum absolute atomic E-state index is 12.1. The molecule has 0 fully saturated rings. The van der Waals surface area contributed by atoms with Crippen LogP contribution in [0.4, 0.5) is 5.82 Å². The van der Waals surface area contributed by atoms with Crippen LogP contribution < -0.4 is 10.1 Å². The molecule has 0 unspecified atom stereocenters. The van der Waals surface area contributed by atoms with Crippen LogP contribution in [0, 0.1) is 3.57 Å². The van der Waals surface area contributed by atoms with Gasteiger partial charge < -0.3 is 10.1 Å². The second kappa shape index (κ2) is 6.60. The van der Waals surface area contributed by atoms with E-state index in [0.29, 0.717) is 17.1 Å². The van der Waals surface area contributed by atoms with Gasteiger partial charge in [-0.05, 0) is 46.9 Å². The SMILES string of the molecule is COc1c(Cl)cc(C(=O)Nc2ccc(I)cn2)cc1Cl. The van der Waals surface area contributed by atoms with Crippen LogP contribution in [0.15, 0.2) is 30.5 Å². The predicted molar refractivity (Wildman–Crippen MR) is 87.9 cm³/mol. The number of hydrogen-bond acceptors (Lipinski definition) is 3. The van der Waals surface area contributed by atoms with Crippen LogP contribution >= 0.6 is 45.8 Å². The number of pyridine rings is 1. The van der Waals surface area contributed by atoms with Gasteiger partial charge in [-0.3, -0.25) is 4.79 Å². The van der Waals surface area contributed by atoms with Crippen molar-refractivity contribution in [2.75, 3.05) is 12.4 Å². The first kappa shape index (κ1) is 15.3. The third kappa shape index (κ3) is 3.53. The Labute approximate surface area is 139 Å². The summed E-state index contributed by atoms with van der Waals surface area (Å²) in [5.74, 6) is 0.459. The highest BCUT2D eigenvalue weighted by Gasteiger charge is 2.14. The highest BCUT2D eigenvalue weighted by atomic mass is 127. The maximum atomic E-state index is 12.1. The molecular weight excluding hydrogens is 414 g/mol. The fraction of sp³-hybridized carbons (Fsp3) is 0.0769. The molecule has 4 nitrogen and oxygen atoms in total. The number of anilines is 1. The topological polar surface area (TPSA) is 51.2 Å². The molecule has 1 aromatic heterocycles. The normalized spacial score (nSPS) is 10.2. The number of hydrogen-bond donors (Lipinski definition) is 1. The standard InChI is InChI=1S/C13H9Cl2IN2O2/c1-20-12-9(14)4-7(5-10(12)15)13(19)18-11-3-2-8(16)6-17-11/h2-6H,1H3,(H,17,18,19). The zero-order valence-corrected chi connectivity index (χ0v) is 14.0. The number of ether oxygens (including phenoxy) is 1. The Bertz CT molecular complexity index is 624. The molecule has 0 atom stereocenters. The fourth-order valence-electron chi connectivity index (χ4n) is 1.52. The van der Waals surface area contributed by atoms with Crippen molar-refractivity contribution in [2.45, 2.75) is 0 Å². The second-order valence-electron chi connectivity index (χ2n) is 3.79. The zero-order valence-electron chi connectivity index (χ0n) is 10.3. The van der Waals surface area contributed by atoms with E-state index in [1.165, 1.54) is 19.2 Å². The Kier molecular flexibility index (Phi) is 5.06. The minimum absolute atomic E-state index is 0.278. The molecule has 20 heavy (non-hydrogen) atoms. The summed E-state index contributed by atoms with van der Waals surface area (Å²) in [6, 6.07) is 6.55. The van der Waals surface area contributed by atoms with Crippen molar-refractivity contribution in [3.05, 3.63) is 49.6 Å². The van der Waals surface area contributed by atoms with Crippen LogP contribution in [0.25, 0.3) is 0 Å². The minimum Gasteiger partial charge on any atom is -0.494 e. The van der Waals surface area contributed by atoms with Crippen LogP contribution in [0.1, 0.15) is 10.4 Å². The van der Waals surface area contributed by atoms with E-state index in [-0.39, 0.29) is 16.0 Å². The van der Waals surface area contributed by atoms with Crippen LogP contribution in [0.2, 0.25) is 10.0 Å². The Morgan fingerprint density at radius 3 is 2.45 bits per heavy atom. The first-order valence-corrected chi connectivity index (χ1v) is 7.30. The summed E-state index contributed by atoms with van der Waals surface area (Å²) < 4.78 is 6.02. The first-order chi connectivity index (χ1) is 9.51. The van der Waals surface area contributed by atoms with Gasteiger partial charge >= 0.3 is 0 Å². The van der Waals surface area contributed by atoms with Gasteiger partial charge in [0.1, 0.15) is 5.82 Å². The number of amides is 1. The monoisotopic (exact) mass is 422 g/mol. The number of nitrogens with zero attached hydrogens (tertiary/aromatic N) is 1. The Morgan fingerprint density at radius 1 is 1.30 bits per heavy atom. The number of aromatic nitrogens is 1. The number of methoxy groups -OCH3 is 1. The fourth-order valence-corrected chi connectivity index (χ4v) is 2.48. The summed E-state index contributed by atoms with van der Waals surface area (Å²) in [6.45, 7) is 0. The Morgan fingerprint density at radius 2 is 1.95 bits per heavy atom. The van der Waals surface area contributed by atoms with E-state index >= 15 is 0 Å². The summed E-state index contributed by atoms with van der Waals surface area (Å²) in [5.41, 5.74) is 0.334. The molecule has 0 radical (unpaired) electrons. The van der Waals surface area contributed by atoms with Crippen molar-refractivity contribution in [3.63, 3.8) is 0 Å². The zero-order chi connectivity index (χ0) is 14.7. The average Bonchev–Trinajstić information content (AvgIpc) is 2.41. The van der Waals surface area contributed by atoms with Crippen molar-refractivity contribution in [3.8, 4) is 5.75 Å². The lowest BCUT2D eigenvalue weighted by molar-refractivity contribution is 0.102. The van der Waals surface area contributed by atoms with E-state index in [9.17, 15) is 4.79 Å². The summed E-state index contributed by atoms with van der Waals surface area (Å²) in [5, 5.41) is 3.22. The molecule has 0 saturated heterocycles. The number of carbonyl (C=O) groups excluding carboxylic acids is 1. The van der Waals surface area contributed by atoms with Crippen molar-refractivity contribution in [2.24, 2.45) is 0 Å². The van der Waals surface area contributed by atoms with E-state index in [2.05, 4.69) is 32.9 Å². The number of rotatable bonds is 3. The molecule has 0 aliphatic heterocycles. The number of benzene rings is 1. The van der Waals surface area contributed by atoms with Gasteiger partial charge in [0, 0.05) is 15.3 Å². The number of halogens is 3. The first-order valence-electron chi connectivity index (χ1n) is 5.47. The number of carbonyl (C=O) groups is 1. The van der Waals surface area contributed by atoms with Gasteiger partial charge in [0.2, 0.25) is 0 Å². The number of nitrogens with one attached hydrogen (secondary N) is 1. The molecule has 0 aliphatic rings. The molecule has 0 spiro atoms. The molecular formula is C13H9Cl2IN2O2. The predicted octanol–water partition coefficient (Wildman–Crippen LogP) is 4.25. The van der Waals surface area contributed by atoms with Crippen molar-refractivity contribution in [1.82, 2.24) is 4.98 Å². The van der Waals surface area contributed by atoms with Gasteiger partial charge in [0.25, 0.3) is 5.91 Å². The van der Waals surface area contributed by atoms with Gasteiger partial charge in [0.15, 0.2) is 5.75 Å². The van der Waals surface area contributed by atoms with Crippen LogP contribution in [-0.2, 0) is 0 Å². The summed E-state index contributed by atoms with van der Waals surface area (Å²) in [7, 11) is 1.46. The smallest absolute Gasteiger partial charge is 0.256 e. The second-order valence-corrected chi connectivity index (χ2v) is 5.85. The molecule has 1 amide bonds. The van der Waals surface area contributed by atoms with Crippen LogP contribution in [-0.4, -0.2) is 18.0 Å². The highest BCUT2D eigenvalue weighted by Crippen LogP contribution is 2.33. The van der Waals surface area contributed by atoms with E-state index < -0.39 is 0 Å². The summed E-state index contributed by atoms with van der Waals surface area (Å²) in [6.07, 6.45) is 1.66. The molecule has 0 bridgehead atoms. The van der Waals surface area contributed by atoms with E-state index in [0.717, 1.165) is 3.57 Å². The molecule has 0 aliphatic carbocycles. The van der Waals surface area contributed by atoms with Gasteiger partial charge in [-0.2, -0.15) is 0 Å². The Hall–Kier alpha value is -1.05. The molecule has 2 aromatic rings. The Balaban J connectivity index is 2.23. The molecule has 104 valence electrons. The molecule has 1 N–H and O–H groups in total. The molecule has 1 heterocycles. The lowest BCUT2D eigenvalue weighted by atomic mass is 10.2. The largest absolute Gasteiger partial charge is 0.494 e. The molecule has 0 saturated carbocycles. The highest BCUT2D eigenvalue weighted by molar-refractivity contribution is 14.1. The van der Waals surface area contributed by atoms with E-state index in [1.807, 2.05) is 6.07 Å². The summed E-state index contributed by atoms with van der Waals surface area (Å²) >= 11 is 14.1. The van der Waals surface area contributed by atoms with Crippen LogP contribution in [0.3, 0.4) is 0 Å². The quantitative estimate of drug-likeness (QED) is 0.752. The minimum atomic E-state index is -0.342. The van der Waals surface area contributed by atoms with Crippen LogP contribution in [0.5, 0.6) is 5.75 Å². The van der Waals surface area contributed by atoms with E-state index in [4.69, 9.17) is 27.9 Å². The molecule has 1 aromatic carbocycles. The molecule has 2 rings (SSSR count). The van der Waals surface area contributed by atoms with Crippen molar-refractivity contribution < 1.29 is 9.53 Å². The van der Waals surface area contributed by atoms with Gasteiger partial charge in [-0.25, -0.2) is 4.98 Å². The average molecular weight is 423 g/mol. The van der Waals surface area contributed by atoms with E-state index in [1.54, 1.807) is 12.3 Å². The third-order valence-corrected chi connectivity index (χ3v) is 3.63. The third-order valence-electron chi connectivity index (χ3n) is 2.43. The van der Waals surface area contributed by atoms with Crippen molar-refractivity contribution in [1.29, 1.82) is 0 Å². The summed E-state index contributed by atoms with van der Waals surface area (Å²) in [4.78, 5) is 16.2. The molecule has 7 heteroatoms. The van der Waals surface area contributed by atoms with Crippen molar-refractivity contribution >= 4 is 57.5 Å². The van der Waals surface area contributed by atoms with Gasteiger partial charge in [0.05, 0.1) is 17.2 Å². The maximum Gasteiger partial charge on any atom is 0.256 e. The van der Waals surface area contributed by atoms with Gasteiger partial charge in [-0.1, -0.05) is 23.2 Å². The van der Waals surface area contributed by atoms with Gasteiger partial charge in [-0.15, -0.1) is 0 Å². The lowest BCUT2D eigenvalue weighted by Gasteiger charge is -2.09.